The second-order valence-corrected chi connectivity index (χ2v) is 11.0. The fraction of sp³-hybridized carbons (Fsp3) is 0.393. The minimum Gasteiger partial charge on any atom is -0.333 e. The molecule has 2 heterocycles. The van der Waals surface area contributed by atoms with E-state index in [2.05, 4.69) is 89.2 Å². The van der Waals surface area contributed by atoms with Crippen LogP contribution < -0.4 is 68.9 Å². The van der Waals surface area contributed by atoms with Gasteiger partial charge in [0.25, 0.3) is 0 Å². The van der Waals surface area contributed by atoms with Crippen LogP contribution in [-0.4, -0.2) is 9.78 Å². The fourth-order valence-corrected chi connectivity index (χ4v) is 6.35. The molecule has 0 bridgehead atoms. The van der Waals surface area contributed by atoms with E-state index in [1.807, 2.05) is 23.1 Å². The molecule has 2 aromatic carbocycles. The predicted molar refractivity (Wildman–Crippen MR) is 133 cm³/mol. The number of aryl methyl sites for hydroxylation is 1. The van der Waals surface area contributed by atoms with Crippen molar-refractivity contribution in [3.05, 3.63) is 64.2 Å². The summed E-state index contributed by atoms with van der Waals surface area (Å²) >= 11 is 1.90. The Labute approximate surface area is 255 Å². The number of nitrogens with zero attached hydrogens (tertiary/aromatic N) is 2. The van der Waals surface area contributed by atoms with Gasteiger partial charge in [0.1, 0.15) is 0 Å². The molecule has 4 aromatic rings. The number of hydrogen-bond acceptors (Lipinski definition) is 2. The molecular weight excluding hydrogens is 529 g/mol. The molecule has 2 nitrogen and oxygen atoms in total. The molecule has 32 heavy (non-hydrogen) atoms. The number of thiophene rings is 1. The van der Waals surface area contributed by atoms with Gasteiger partial charge in [-0.3, -0.25) is 5.10 Å². The van der Waals surface area contributed by atoms with E-state index in [9.17, 15) is 0 Å². The van der Waals surface area contributed by atoms with Crippen LogP contribution in [0.25, 0.3) is 32.5 Å². The first kappa shape index (κ1) is 24.8. The summed E-state index contributed by atoms with van der Waals surface area (Å²) in [5.41, 5.74) is 9.64. The molecule has 0 aliphatic heterocycles. The van der Waals surface area contributed by atoms with Crippen molar-refractivity contribution in [2.24, 2.45) is 7.05 Å². The largest absolute Gasteiger partial charge is 1.00 e. The van der Waals surface area contributed by atoms with Gasteiger partial charge in [0, 0.05) is 12.5 Å². The Balaban J connectivity index is 0.00000245. The summed E-state index contributed by atoms with van der Waals surface area (Å²) in [4.78, 5) is 2.68. The van der Waals surface area contributed by atoms with Crippen molar-refractivity contribution in [1.29, 1.82) is 0 Å². The third-order valence-corrected chi connectivity index (χ3v) is 8.74. The number of fused-ring (bicyclic) bond motifs is 4. The van der Waals surface area contributed by atoms with E-state index in [-0.39, 0.29) is 74.3 Å². The molecule has 0 amide bonds. The average Bonchev–Trinajstić information content (AvgIpc) is 3.38. The summed E-state index contributed by atoms with van der Waals surface area (Å²) in [6.45, 7) is 13.9. The fourth-order valence-electron chi connectivity index (χ4n) is 5.07. The quantitative estimate of drug-likeness (QED) is 0.320. The molecule has 2 aromatic heterocycles. The maximum atomic E-state index is 4.45. The van der Waals surface area contributed by atoms with Gasteiger partial charge in [-0.15, -0.1) is 5.39 Å². The van der Waals surface area contributed by atoms with Gasteiger partial charge in [-0.1, -0.05) is 88.4 Å². The molecule has 0 spiro atoms. The van der Waals surface area contributed by atoms with Gasteiger partial charge in [-0.2, -0.15) is 0 Å². The van der Waals surface area contributed by atoms with Crippen LogP contribution in [-0.2, 0) is 12.5 Å². The molecule has 1 aliphatic carbocycles. The van der Waals surface area contributed by atoms with E-state index in [1.54, 1.807) is 0 Å². The summed E-state index contributed by atoms with van der Waals surface area (Å²) < 4.78 is 1.98. The summed E-state index contributed by atoms with van der Waals surface area (Å²) in [6.07, 6.45) is 4.46. The maximum Gasteiger partial charge on any atom is 1.00 e. The molecule has 0 radical (unpaired) electrons. The smallest absolute Gasteiger partial charge is 0.333 e. The molecule has 1 aliphatic rings. The zero-order chi connectivity index (χ0) is 22.1. The first-order valence-electron chi connectivity index (χ1n) is 11.4. The molecule has 0 saturated carbocycles. The summed E-state index contributed by atoms with van der Waals surface area (Å²) in [5.74, 6) is 1.06. The van der Waals surface area contributed by atoms with Gasteiger partial charge in [-0.25, -0.2) is 11.3 Å². The summed E-state index contributed by atoms with van der Waals surface area (Å²) in [7, 11) is 2.03. The average molecular weight is 561 g/mol. The Hall–Kier alpha value is -0.338. The van der Waals surface area contributed by atoms with Gasteiger partial charge in [0.2, 0.25) is 0 Å². The minimum atomic E-state index is 0. The Morgan fingerprint density at radius 1 is 1.03 bits per heavy atom. The normalized spacial score (nSPS) is 15.0. The van der Waals surface area contributed by atoms with E-state index >= 15 is 0 Å². The molecule has 1 unspecified atom stereocenters. The molecule has 5 rings (SSSR count). The van der Waals surface area contributed by atoms with Crippen molar-refractivity contribution >= 4 is 22.2 Å². The zero-order valence-corrected chi connectivity index (χ0v) is 27.7. The summed E-state index contributed by atoms with van der Waals surface area (Å²) in [6, 6.07) is 14.2. The van der Waals surface area contributed by atoms with Crippen LogP contribution in [0.1, 0.15) is 81.4 Å². The third-order valence-electron chi connectivity index (χ3n) is 7.21. The van der Waals surface area contributed by atoms with Crippen LogP contribution in [0, 0.1) is 6.20 Å². The van der Waals surface area contributed by atoms with Crippen molar-refractivity contribution in [3.8, 4) is 21.6 Å². The van der Waals surface area contributed by atoms with E-state index < -0.39 is 0 Å². The molecule has 0 fully saturated rings. The first-order valence-corrected chi connectivity index (χ1v) is 12.2. The Bertz CT molecular complexity index is 1310. The SMILES string of the molecule is CCC(C)c1ccc2c(c1)C(C)(C)c1cc(-c3sc(C(C)C)c4c3[c-]nn4C)ccc1-2.[Cs+]. The Morgan fingerprint density at radius 2 is 1.69 bits per heavy atom. The van der Waals surface area contributed by atoms with Crippen LogP contribution in [0.15, 0.2) is 36.4 Å². The van der Waals surface area contributed by atoms with Crippen molar-refractivity contribution in [2.45, 2.75) is 65.2 Å². The van der Waals surface area contributed by atoms with Gasteiger partial charge >= 0.3 is 68.9 Å². The Morgan fingerprint density at radius 3 is 2.34 bits per heavy atom. The zero-order valence-electron chi connectivity index (χ0n) is 20.6. The maximum absolute atomic E-state index is 4.45. The molecule has 0 saturated heterocycles. The van der Waals surface area contributed by atoms with E-state index in [4.69, 9.17) is 0 Å². The second-order valence-electron chi connectivity index (χ2n) is 9.91. The number of hydrogen-bond donors (Lipinski definition) is 0. The van der Waals surface area contributed by atoms with Gasteiger partial charge < -0.3 is 4.68 Å². The van der Waals surface area contributed by atoms with Crippen LogP contribution in [0.5, 0.6) is 0 Å². The Kier molecular flexibility index (Phi) is 6.99. The molecule has 160 valence electrons. The van der Waals surface area contributed by atoms with E-state index in [0.29, 0.717) is 11.8 Å². The van der Waals surface area contributed by atoms with Crippen LogP contribution >= 0.6 is 11.3 Å². The number of rotatable bonds is 4. The van der Waals surface area contributed by atoms with Crippen molar-refractivity contribution in [1.82, 2.24) is 9.78 Å². The van der Waals surface area contributed by atoms with Crippen LogP contribution in [0.2, 0.25) is 0 Å². The second kappa shape index (κ2) is 9.03. The third kappa shape index (κ3) is 3.75. The number of aromatic nitrogens is 2. The van der Waals surface area contributed by atoms with E-state index in [1.165, 1.54) is 55.1 Å². The standard InChI is InChI=1S/C28H31N2S.Cs/c1-8-17(4)18-9-11-20-21-12-10-19(14-24(21)28(5,6)23(20)13-18)27-22-15-29-30(7)25(22)26(31-27)16(2)3;/h9-14,16-17H,8H2,1-7H3;/q-1;+1. The monoisotopic (exact) mass is 560 g/mol. The van der Waals surface area contributed by atoms with Crippen molar-refractivity contribution in [2.75, 3.05) is 0 Å². The molecule has 1 atom stereocenters. The van der Waals surface area contributed by atoms with E-state index in [0.717, 1.165) is 5.39 Å². The molecular formula is C28H31CsN2S. The minimum absolute atomic E-state index is 0. The first-order chi connectivity index (χ1) is 14.7. The van der Waals surface area contributed by atoms with Crippen LogP contribution in [0.4, 0.5) is 0 Å². The molecule has 0 N–H and O–H groups in total. The van der Waals surface area contributed by atoms with Crippen LogP contribution in [0.3, 0.4) is 0 Å². The van der Waals surface area contributed by atoms with Crippen molar-refractivity contribution < 1.29 is 68.9 Å². The van der Waals surface area contributed by atoms with Crippen molar-refractivity contribution in [3.63, 3.8) is 0 Å². The topological polar surface area (TPSA) is 17.8 Å². The van der Waals surface area contributed by atoms with Gasteiger partial charge in [-0.05, 0) is 62.7 Å². The number of benzene rings is 2. The van der Waals surface area contributed by atoms with Gasteiger partial charge in [0.15, 0.2) is 0 Å². The van der Waals surface area contributed by atoms with Gasteiger partial charge in [0.05, 0.1) is 0 Å². The summed E-state index contributed by atoms with van der Waals surface area (Å²) in [5, 5.41) is 5.61. The predicted octanol–water partition coefficient (Wildman–Crippen LogP) is 5.05. The molecule has 4 heteroatoms.